The minimum Gasteiger partial charge on any atom is -0.493 e. The van der Waals surface area contributed by atoms with E-state index in [1.165, 1.54) is 17.7 Å². The van der Waals surface area contributed by atoms with Crippen molar-refractivity contribution in [3.8, 4) is 22.8 Å². The molecule has 4 rings (SSSR count). The standard InChI is InChI=1S/C22H16ClF3N2O2/c1-29-20-9-15(7-8-19(20)30-13-14-5-3-2-4-6-14)18-12-28-11-16(22(24,25)26)10-17(23)21(28)27-18/h2-12H,13H2,1H3. The molecule has 0 aliphatic heterocycles. The Morgan fingerprint density at radius 1 is 1.00 bits per heavy atom. The molecule has 0 saturated carbocycles. The smallest absolute Gasteiger partial charge is 0.417 e. The molecule has 0 spiro atoms. The second kappa shape index (κ2) is 7.91. The lowest BCUT2D eigenvalue weighted by Gasteiger charge is -2.11. The maximum Gasteiger partial charge on any atom is 0.417 e. The molecule has 0 amide bonds. The summed E-state index contributed by atoms with van der Waals surface area (Å²) in [6.07, 6.45) is -2.04. The molecule has 0 fully saturated rings. The summed E-state index contributed by atoms with van der Waals surface area (Å²) in [6, 6.07) is 15.8. The molecule has 30 heavy (non-hydrogen) atoms. The number of hydrogen-bond acceptors (Lipinski definition) is 3. The lowest BCUT2D eigenvalue weighted by Crippen LogP contribution is -2.06. The van der Waals surface area contributed by atoms with E-state index in [-0.39, 0.29) is 10.7 Å². The zero-order chi connectivity index (χ0) is 21.3. The number of halogens is 4. The molecule has 2 aromatic heterocycles. The van der Waals surface area contributed by atoms with Crippen molar-refractivity contribution in [3.63, 3.8) is 0 Å². The van der Waals surface area contributed by atoms with E-state index >= 15 is 0 Å². The molecule has 4 nitrogen and oxygen atoms in total. The van der Waals surface area contributed by atoms with Gasteiger partial charge >= 0.3 is 6.18 Å². The van der Waals surface area contributed by atoms with Crippen LogP contribution >= 0.6 is 11.6 Å². The van der Waals surface area contributed by atoms with Gasteiger partial charge in [0.25, 0.3) is 0 Å². The minimum absolute atomic E-state index is 0.0779. The predicted octanol–water partition coefficient (Wildman–Crippen LogP) is 6.26. The largest absolute Gasteiger partial charge is 0.493 e. The number of rotatable bonds is 5. The molecule has 0 radical (unpaired) electrons. The summed E-state index contributed by atoms with van der Waals surface area (Å²) >= 11 is 6.02. The molecule has 0 aliphatic rings. The summed E-state index contributed by atoms with van der Waals surface area (Å²) in [6.45, 7) is 0.376. The van der Waals surface area contributed by atoms with E-state index < -0.39 is 11.7 Å². The Kier molecular flexibility index (Phi) is 5.30. The topological polar surface area (TPSA) is 35.8 Å². The second-order valence-electron chi connectivity index (χ2n) is 6.57. The number of hydrogen-bond donors (Lipinski definition) is 0. The van der Waals surface area contributed by atoms with Crippen molar-refractivity contribution in [3.05, 3.63) is 83.1 Å². The van der Waals surface area contributed by atoms with E-state index in [2.05, 4.69) is 4.98 Å². The highest BCUT2D eigenvalue weighted by molar-refractivity contribution is 6.33. The number of ether oxygens (including phenoxy) is 2. The predicted molar refractivity (Wildman–Crippen MR) is 108 cm³/mol. The molecule has 2 aromatic carbocycles. The van der Waals surface area contributed by atoms with Gasteiger partial charge in [-0.1, -0.05) is 41.9 Å². The van der Waals surface area contributed by atoms with Crippen molar-refractivity contribution >= 4 is 17.2 Å². The van der Waals surface area contributed by atoms with Crippen molar-refractivity contribution < 1.29 is 22.6 Å². The third-order valence-electron chi connectivity index (χ3n) is 4.53. The van der Waals surface area contributed by atoms with Gasteiger partial charge in [0.15, 0.2) is 17.1 Å². The molecule has 8 heteroatoms. The first-order valence-corrected chi connectivity index (χ1v) is 9.33. The van der Waals surface area contributed by atoms with E-state index in [1.807, 2.05) is 30.3 Å². The lowest BCUT2D eigenvalue weighted by atomic mass is 10.1. The fourth-order valence-electron chi connectivity index (χ4n) is 3.03. The molecule has 154 valence electrons. The van der Waals surface area contributed by atoms with Crippen LogP contribution in [0.5, 0.6) is 11.5 Å². The van der Waals surface area contributed by atoms with Crippen molar-refractivity contribution in [2.45, 2.75) is 12.8 Å². The van der Waals surface area contributed by atoms with Crippen LogP contribution in [-0.4, -0.2) is 16.5 Å². The van der Waals surface area contributed by atoms with Crippen LogP contribution in [0.1, 0.15) is 11.1 Å². The monoisotopic (exact) mass is 432 g/mol. The summed E-state index contributed by atoms with van der Waals surface area (Å²) < 4.78 is 51.7. The van der Waals surface area contributed by atoms with Gasteiger partial charge in [0, 0.05) is 18.0 Å². The lowest BCUT2D eigenvalue weighted by molar-refractivity contribution is -0.137. The molecule has 0 atom stereocenters. The molecule has 0 unspecified atom stereocenters. The Bertz CT molecular complexity index is 1190. The van der Waals surface area contributed by atoms with Gasteiger partial charge in [0.2, 0.25) is 0 Å². The van der Waals surface area contributed by atoms with Gasteiger partial charge in [-0.3, -0.25) is 0 Å². The Balaban J connectivity index is 1.65. The quantitative estimate of drug-likeness (QED) is 0.373. The van der Waals surface area contributed by atoms with E-state index in [9.17, 15) is 13.2 Å². The number of pyridine rings is 1. The van der Waals surface area contributed by atoms with E-state index in [0.29, 0.717) is 29.4 Å². The molecule has 0 saturated heterocycles. The van der Waals surface area contributed by atoms with Gasteiger partial charge in [0.1, 0.15) is 6.61 Å². The molecular weight excluding hydrogens is 417 g/mol. The average Bonchev–Trinajstić information content (AvgIpc) is 3.17. The summed E-state index contributed by atoms with van der Waals surface area (Å²) in [4.78, 5) is 4.37. The zero-order valence-corrected chi connectivity index (χ0v) is 16.5. The van der Waals surface area contributed by atoms with E-state index in [1.54, 1.807) is 18.2 Å². The van der Waals surface area contributed by atoms with Crippen molar-refractivity contribution in [2.75, 3.05) is 7.11 Å². The van der Waals surface area contributed by atoms with Crippen LogP contribution in [0.15, 0.2) is 67.0 Å². The van der Waals surface area contributed by atoms with Crippen LogP contribution in [0.4, 0.5) is 13.2 Å². The molecule has 0 N–H and O–H groups in total. The SMILES string of the molecule is COc1cc(-c2cn3cc(C(F)(F)F)cc(Cl)c3n2)ccc1OCc1ccccc1. The van der Waals surface area contributed by atoms with Gasteiger partial charge < -0.3 is 13.9 Å². The first-order valence-electron chi connectivity index (χ1n) is 8.96. The van der Waals surface area contributed by atoms with E-state index in [0.717, 1.165) is 17.8 Å². The fourth-order valence-corrected chi connectivity index (χ4v) is 3.29. The van der Waals surface area contributed by atoms with Crippen LogP contribution in [0, 0.1) is 0 Å². The number of imidazole rings is 1. The third-order valence-corrected chi connectivity index (χ3v) is 4.81. The van der Waals surface area contributed by atoms with Gasteiger partial charge in [-0.25, -0.2) is 4.98 Å². The van der Waals surface area contributed by atoms with Crippen LogP contribution in [0.2, 0.25) is 5.02 Å². The zero-order valence-electron chi connectivity index (χ0n) is 15.8. The van der Waals surface area contributed by atoms with Crippen molar-refractivity contribution in [2.24, 2.45) is 0 Å². The Morgan fingerprint density at radius 3 is 2.47 bits per heavy atom. The van der Waals surface area contributed by atoms with E-state index in [4.69, 9.17) is 21.1 Å². The molecule has 4 aromatic rings. The Hall–Kier alpha value is -3.19. The molecule has 0 aliphatic carbocycles. The first kappa shape index (κ1) is 20.1. The van der Waals surface area contributed by atoms with Gasteiger partial charge in [0.05, 0.1) is 23.4 Å². The number of nitrogens with zero attached hydrogens (tertiary/aromatic N) is 2. The number of methoxy groups -OCH3 is 1. The summed E-state index contributed by atoms with van der Waals surface area (Å²) in [5.74, 6) is 1.04. The van der Waals surface area contributed by atoms with Gasteiger partial charge in [-0.2, -0.15) is 13.2 Å². The molecular formula is C22H16ClF3N2O2. The van der Waals surface area contributed by atoms with Gasteiger partial charge in [-0.15, -0.1) is 0 Å². The maximum atomic E-state index is 13.0. The summed E-state index contributed by atoms with van der Waals surface area (Å²) in [5, 5.41) is -0.0779. The summed E-state index contributed by atoms with van der Waals surface area (Å²) in [5.41, 5.74) is 1.53. The number of fused-ring (bicyclic) bond motifs is 1. The van der Waals surface area contributed by atoms with Crippen LogP contribution in [0.3, 0.4) is 0 Å². The fraction of sp³-hybridized carbons (Fsp3) is 0.136. The number of aromatic nitrogens is 2. The maximum absolute atomic E-state index is 13.0. The highest BCUT2D eigenvalue weighted by Gasteiger charge is 2.32. The van der Waals surface area contributed by atoms with Crippen molar-refractivity contribution in [1.29, 1.82) is 0 Å². The van der Waals surface area contributed by atoms with Crippen LogP contribution in [-0.2, 0) is 12.8 Å². The molecule has 0 bridgehead atoms. The van der Waals surface area contributed by atoms with Crippen LogP contribution in [0.25, 0.3) is 16.9 Å². The summed E-state index contributed by atoms with van der Waals surface area (Å²) in [7, 11) is 1.52. The van der Waals surface area contributed by atoms with Gasteiger partial charge in [-0.05, 0) is 29.8 Å². The highest BCUT2D eigenvalue weighted by atomic mass is 35.5. The Labute approximate surface area is 175 Å². The average molecular weight is 433 g/mol. The minimum atomic E-state index is -4.50. The number of alkyl halides is 3. The normalized spacial score (nSPS) is 11.6. The first-order chi connectivity index (χ1) is 14.3. The molecule has 2 heterocycles. The highest BCUT2D eigenvalue weighted by Crippen LogP contribution is 2.35. The van der Waals surface area contributed by atoms with Crippen LogP contribution < -0.4 is 9.47 Å². The Morgan fingerprint density at radius 2 is 1.77 bits per heavy atom. The third kappa shape index (κ3) is 4.07. The number of benzene rings is 2. The van der Waals surface area contributed by atoms with Crippen molar-refractivity contribution in [1.82, 2.24) is 9.38 Å². The second-order valence-corrected chi connectivity index (χ2v) is 6.98.